The van der Waals surface area contributed by atoms with Crippen LogP contribution in [0.15, 0.2) is 23.6 Å². The van der Waals surface area contributed by atoms with Crippen LogP contribution in [0, 0.1) is 0 Å². The van der Waals surface area contributed by atoms with Crippen molar-refractivity contribution in [2.75, 3.05) is 18.9 Å². The number of rotatable bonds is 4. The summed E-state index contributed by atoms with van der Waals surface area (Å²) in [6.07, 6.45) is 4.01. The lowest BCUT2D eigenvalue weighted by atomic mass is 10.0. The number of thiophene rings is 2. The monoisotopic (exact) mass is 347 g/mol. The van der Waals surface area contributed by atoms with Crippen molar-refractivity contribution in [3.8, 4) is 0 Å². The number of likely N-dealkylation sites (N-methyl/N-ethyl adjacent to an activating group) is 1. The van der Waals surface area contributed by atoms with Crippen molar-refractivity contribution in [1.29, 1.82) is 0 Å². The predicted octanol–water partition coefficient (Wildman–Crippen LogP) is 2.55. The molecule has 3 N–H and O–H groups in total. The van der Waals surface area contributed by atoms with E-state index < -0.39 is 5.91 Å². The molecular formula is C16H17N3O2S2. The van der Waals surface area contributed by atoms with Crippen LogP contribution in [-0.2, 0) is 17.8 Å². The maximum atomic E-state index is 12.1. The van der Waals surface area contributed by atoms with Gasteiger partial charge in [-0.1, -0.05) is 6.07 Å². The standard InChI is InChI=1S/C16H17N3O2S2/c1-19-7-6-11-12(9-19)23-16(14(11)15(17)21)18-13(20)5-4-10-3-2-8-22-10/h2-5,8H,6-7,9H2,1H3,(H2,17,21)(H,18,20)/b5-4+. The molecule has 1 aliphatic rings. The molecule has 2 amide bonds. The summed E-state index contributed by atoms with van der Waals surface area (Å²) in [6.45, 7) is 1.66. The molecule has 0 saturated carbocycles. The van der Waals surface area contributed by atoms with E-state index in [0.29, 0.717) is 10.6 Å². The van der Waals surface area contributed by atoms with Gasteiger partial charge in [0.15, 0.2) is 0 Å². The maximum Gasteiger partial charge on any atom is 0.251 e. The first kappa shape index (κ1) is 15.9. The second-order valence-corrected chi connectivity index (χ2v) is 7.48. The molecule has 0 atom stereocenters. The highest BCUT2D eigenvalue weighted by Crippen LogP contribution is 2.36. The van der Waals surface area contributed by atoms with Gasteiger partial charge in [0.05, 0.1) is 5.56 Å². The Morgan fingerprint density at radius 3 is 2.96 bits per heavy atom. The van der Waals surface area contributed by atoms with Gasteiger partial charge in [0.25, 0.3) is 5.91 Å². The zero-order valence-electron chi connectivity index (χ0n) is 12.7. The SMILES string of the molecule is CN1CCc2c(sc(NC(=O)/C=C/c3cccs3)c2C(N)=O)C1. The summed E-state index contributed by atoms with van der Waals surface area (Å²) in [5, 5.41) is 5.31. The van der Waals surface area contributed by atoms with E-state index in [4.69, 9.17) is 5.73 Å². The average Bonchev–Trinajstić information content (AvgIpc) is 3.11. The van der Waals surface area contributed by atoms with E-state index in [1.165, 1.54) is 17.4 Å². The average molecular weight is 347 g/mol. The number of amides is 2. The number of hydrogen-bond donors (Lipinski definition) is 2. The molecule has 0 aromatic carbocycles. The first-order valence-corrected chi connectivity index (χ1v) is 8.89. The molecule has 0 unspecified atom stereocenters. The molecule has 0 fully saturated rings. The largest absolute Gasteiger partial charge is 0.365 e. The van der Waals surface area contributed by atoms with Crippen molar-refractivity contribution in [2.45, 2.75) is 13.0 Å². The van der Waals surface area contributed by atoms with Crippen LogP contribution in [0.1, 0.15) is 25.7 Å². The Morgan fingerprint density at radius 2 is 2.26 bits per heavy atom. The Morgan fingerprint density at radius 1 is 1.43 bits per heavy atom. The first-order valence-electron chi connectivity index (χ1n) is 7.20. The van der Waals surface area contributed by atoms with E-state index in [9.17, 15) is 9.59 Å². The zero-order chi connectivity index (χ0) is 16.4. The van der Waals surface area contributed by atoms with Gasteiger partial charge in [-0.15, -0.1) is 22.7 Å². The van der Waals surface area contributed by atoms with E-state index in [0.717, 1.165) is 34.8 Å². The Balaban J connectivity index is 1.82. The van der Waals surface area contributed by atoms with Crippen molar-refractivity contribution < 1.29 is 9.59 Å². The quantitative estimate of drug-likeness (QED) is 0.835. The molecule has 2 aromatic heterocycles. The lowest BCUT2D eigenvalue weighted by molar-refractivity contribution is -0.111. The number of fused-ring (bicyclic) bond motifs is 1. The fourth-order valence-electron chi connectivity index (χ4n) is 2.58. The van der Waals surface area contributed by atoms with Crippen LogP contribution in [-0.4, -0.2) is 30.3 Å². The number of carbonyl (C=O) groups excluding carboxylic acids is 2. The summed E-state index contributed by atoms with van der Waals surface area (Å²) in [7, 11) is 2.04. The molecule has 0 spiro atoms. The Labute approximate surface area is 142 Å². The van der Waals surface area contributed by atoms with Crippen LogP contribution in [0.4, 0.5) is 5.00 Å². The third-order valence-corrected chi connectivity index (χ3v) is 5.64. The highest BCUT2D eigenvalue weighted by Gasteiger charge is 2.26. The van der Waals surface area contributed by atoms with E-state index in [-0.39, 0.29) is 5.91 Å². The molecule has 0 radical (unpaired) electrons. The van der Waals surface area contributed by atoms with Gasteiger partial charge in [0.2, 0.25) is 5.91 Å². The minimum atomic E-state index is -0.482. The molecule has 0 saturated heterocycles. The molecule has 1 aliphatic heterocycles. The summed E-state index contributed by atoms with van der Waals surface area (Å²) in [4.78, 5) is 28.2. The number of nitrogens with zero attached hydrogens (tertiary/aromatic N) is 1. The normalized spacial score (nSPS) is 14.8. The Bertz CT molecular complexity index is 763. The highest BCUT2D eigenvalue weighted by molar-refractivity contribution is 7.17. The van der Waals surface area contributed by atoms with Crippen molar-refractivity contribution in [2.24, 2.45) is 5.73 Å². The minimum Gasteiger partial charge on any atom is -0.365 e. The summed E-state index contributed by atoms with van der Waals surface area (Å²) in [6, 6.07) is 3.86. The van der Waals surface area contributed by atoms with Gasteiger partial charge in [-0.25, -0.2) is 0 Å². The van der Waals surface area contributed by atoms with Crippen LogP contribution < -0.4 is 11.1 Å². The van der Waals surface area contributed by atoms with Gasteiger partial charge in [0, 0.05) is 28.9 Å². The fourth-order valence-corrected chi connectivity index (χ4v) is 4.53. The van der Waals surface area contributed by atoms with Crippen LogP contribution >= 0.6 is 22.7 Å². The molecule has 120 valence electrons. The van der Waals surface area contributed by atoms with Gasteiger partial charge in [-0.05, 0) is 36.6 Å². The fraction of sp³-hybridized carbons (Fsp3) is 0.250. The molecule has 0 aliphatic carbocycles. The molecule has 3 rings (SSSR count). The highest BCUT2D eigenvalue weighted by atomic mass is 32.1. The van der Waals surface area contributed by atoms with E-state index in [1.807, 2.05) is 24.6 Å². The second kappa shape index (κ2) is 6.66. The summed E-state index contributed by atoms with van der Waals surface area (Å²) in [5.41, 5.74) is 6.98. The van der Waals surface area contributed by atoms with Gasteiger partial charge >= 0.3 is 0 Å². The second-order valence-electron chi connectivity index (χ2n) is 5.40. The third kappa shape index (κ3) is 3.52. The van der Waals surface area contributed by atoms with Crippen LogP contribution in [0.3, 0.4) is 0 Å². The first-order chi connectivity index (χ1) is 11.0. The predicted molar refractivity (Wildman–Crippen MR) is 94.9 cm³/mol. The molecule has 5 nitrogen and oxygen atoms in total. The Kier molecular flexibility index (Phi) is 4.61. The Hall–Kier alpha value is -1.96. The van der Waals surface area contributed by atoms with Crippen molar-refractivity contribution in [3.05, 3.63) is 44.5 Å². The van der Waals surface area contributed by atoms with Crippen LogP contribution in [0.2, 0.25) is 0 Å². The summed E-state index contributed by atoms with van der Waals surface area (Å²) >= 11 is 3.00. The maximum absolute atomic E-state index is 12.1. The smallest absolute Gasteiger partial charge is 0.251 e. The van der Waals surface area contributed by atoms with Gasteiger partial charge in [-0.2, -0.15) is 0 Å². The van der Waals surface area contributed by atoms with Crippen molar-refractivity contribution >= 4 is 45.6 Å². The van der Waals surface area contributed by atoms with E-state index >= 15 is 0 Å². The van der Waals surface area contributed by atoms with E-state index in [1.54, 1.807) is 17.4 Å². The van der Waals surface area contributed by atoms with Crippen LogP contribution in [0.25, 0.3) is 6.08 Å². The summed E-state index contributed by atoms with van der Waals surface area (Å²) < 4.78 is 0. The number of nitrogens with one attached hydrogen (secondary N) is 1. The minimum absolute atomic E-state index is 0.257. The van der Waals surface area contributed by atoms with Crippen molar-refractivity contribution in [1.82, 2.24) is 4.90 Å². The number of anilines is 1. The molecule has 3 heterocycles. The third-order valence-electron chi connectivity index (χ3n) is 3.67. The summed E-state index contributed by atoms with van der Waals surface area (Å²) in [5.74, 6) is -0.738. The van der Waals surface area contributed by atoms with Crippen molar-refractivity contribution in [3.63, 3.8) is 0 Å². The van der Waals surface area contributed by atoms with Crippen LogP contribution in [0.5, 0.6) is 0 Å². The molecule has 0 bridgehead atoms. The molecule has 23 heavy (non-hydrogen) atoms. The molecular weight excluding hydrogens is 330 g/mol. The number of primary amides is 1. The molecule has 7 heteroatoms. The molecule has 2 aromatic rings. The number of hydrogen-bond acceptors (Lipinski definition) is 5. The zero-order valence-corrected chi connectivity index (χ0v) is 14.3. The number of carbonyl (C=O) groups is 2. The van der Waals surface area contributed by atoms with Gasteiger partial charge in [-0.3, -0.25) is 9.59 Å². The van der Waals surface area contributed by atoms with Gasteiger partial charge in [0.1, 0.15) is 5.00 Å². The lowest BCUT2D eigenvalue weighted by Crippen LogP contribution is -2.27. The lowest BCUT2D eigenvalue weighted by Gasteiger charge is -2.22. The van der Waals surface area contributed by atoms with E-state index in [2.05, 4.69) is 10.2 Å². The topological polar surface area (TPSA) is 75.4 Å². The number of nitrogens with two attached hydrogens (primary N) is 1. The van der Waals surface area contributed by atoms with Gasteiger partial charge < -0.3 is 16.0 Å².